The van der Waals surface area contributed by atoms with Gasteiger partial charge in [0.1, 0.15) is 11.6 Å². The lowest BCUT2D eigenvalue weighted by Crippen LogP contribution is -2.25. The molecule has 0 spiro atoms. The van der Waals surface area contributed by atoms with Gasteiger partial charge >= 0.3 is 0 Å². The van der Waals surface area contributed by atoms with Crippen molar-refractivity contribution in [1.82, 2.24) is 25.0 Å². The van der Waals surface area contributed by atoms with Gasteiger partial charge < -0.3 is 19.1 Å². The number of aryl methyl sites for hydroxylation is 3. The second-order valence-electron chi connectivity index (χ2n) is 7.24. The summed E-state index contributed by atoms with van der Waals surface area (Å²) >= 11 is 0. The fourth-order valence-electron chi connectivity index (χ4n) is 3.47. The van der Waals surface area contributed by atoms with Crippen LogP contribution in [0, 0.1) is 6.92 Å². The quantitative estimate of drug-likeness (QED) is 0.417. The van der Waals surface area contributed by atoms with Crippen molar-refractivity contribution in [3.05, 3.63) is 60.2 Å². The Bertz CT molecular complexity index is 1160. The van der Waals surface area contributed by atoms with E-state index >= 15 is 0 Å². The van der Waals surface area contributed by atoms with Crippen molar-refractivity contribution in [3.8, 4) is 17.1 Å². The van der Waals surface area contributed by atoms with Gasteiger partial charge in [0.2, 0.25) is 17.6 Å². The Kier molecular flexibility index (Phi) is 6.26. The van der Waals surface area contributed by atoms with E-state index in [1.165, 1.54) is 0 Å². The molecule has 2 aromatic heterocycles. The second kappa shape index (κ2) is 9.42. The molecule has 1 N–H and O–H groups in total. The number of nitrogens with one attached hydrogen (secondary N) is 1. The van der Waals surface area contributed by atoms with Crippen molar-refractivity contribution in [2.75, 3.05) is 13.7 Å². The van der Waals surface area contributed by atoms with Crippen molar-refractivity contribution in [3.63, 3.8) is 0 Å². The molecule has 1 amide bonds. The number of methoxy groups -OCH3 is 1. The van der Waals surface area contributed by atoms with Gasteiger partial charge in [-0.3, -0.25) is 4.79 Å². The van der Waals surface area contributed by atoms with E-state index in [1.807, 2.05) is 49.4 Å². The normalized spacial score (nSPS) is 11.0. The molecule has 160 valence electrons. The van der Waals surface area contributed by atoms with Crippen LogP contribution in [0.5, 0.6) is 5.75 Å². The molecule has 0 aliphatic rings. The number of ether oxygens (including phenoxy) is 1. The fourth-order valence-corrected chi connectivity index (χ4v) is 3.47. The summed E-state index contributed by atoms with van der Waals surface area (Å²) in [5.41, 5.74) is 2.95. The molecular formula is C23H25N5O3. The van der Waals surface area contributed by atoms with Crippen LogP contribution in [0.1, 0.15) is 24.6 Å². The highest BCUT2D eigenvalue weighted by Gasteiger charge is 2.11. The number of imidazole rings is 1. The number of hydrogen-bond donors (Lipinski definition) is 1. The molecule has 8 heteroatoms. The topological polar surface area (TPSA) is 95.1 Å². The average Bonchev–Trinajstić information content (AvgIpc) is 3.39. The van der Waals surface area contributed by atoms with Crippen LogP contribution in [0.25, 0.3) is 22.4 Å². The molecule has 0 saturated heterocycles. The van der Waals surface area contributed by atoms with Gasteiger partial charge in [0.15, 0.2) is 0 Å². The maximum absolute atomic E-state index is 12.2. The van der Waals surface area contributed by atoms with Crippen molar-refractivity contribution in [2.45, 2.75) is 32.7 Å². The molecule has 2 heterocycles. The fraction of sp³-hybridized carbons (Fsp3) is 0.304. The highest BCUT2D eigenvalue weighted by atomic mass is 16.5. The summed E-state index contributed by atoms with van der Waals surface area (Å²) in [5, 5.41) is 6.95. The van der Waals surface area contributed by atoms with Crippen LogP contribution in [0.4, 0.5) is 0 Å². The van der Waals surface area contributed by atoms with Crippen LogP contribution in [0.3, 0.4) is 0 Å². The molecule has 0 unspecified atom stereocenters. The highest BCUT2D eigenvalue weighted by Crippen LogP contribution is 2.20. The molecule has 0 fully saturated rings. The van der Waals surface area contributed by atoms with E-state index in [0.29, 0.717) is 31.1 Å². The van der Waals surface area contributed by atoms with Crippen LogP contribution >= 0.6 is 0 Å². The number of benzene rings is 2. The summed E-state index contributed by atoms with van der Waals surface area (Å²) in [5.74, 6) is 2.66. The minimum atomic E-state index is -0.0311. The van der Waals surface area contributed by atoms with Gasteiger partial charge in [0, 0.05) is 31.5 Å². The number of aromatic nitrogens is 4. The van der Waals surface area contributed by atoms with Crippen LogP contribution in [-0.2, 0) is 17.8 Å². The molecule has 0 atom stereocenters. The van der Waals surface area contributed by atoms with E-state index in [9.17, 15) is 4.79 Å². The van der Waals surface area contributed by atoms with Crippen molar-refractivity contribution in [1.29, 1.82) is 0 Å². The first-order valence-electron chi connectivity index (χ1n) is 10.3. The second-order valence-corrected chi connectivity index (χ2v) is 7.24. The largest absolute Gasteiger partial charge is 0.497 e. The maximum atomic E-state index is 12.2. The standard InChI is InChI=1S/C23H25N5O3/c1-16-25-19-6-3-4-7-20(19)28(16)15-5-14-24-21(29)12-13-22-26-23(27-31-22)17-8-10-18(30-2)11-9-17/h3-4,6-11H,5,12-15H2,1-2H3,(H,24,29). The highest BCUT2D eigenvalue weighted by molar-refractivity contribution is 5.76. The molecule has 2 aromatic carbocycles. The molecule has 0 bridgehead atoms. The molecule has 31 heavy (non-hydrogen) atoms. The van der Waals surface area contributed by atoms with Gasteiger partial charge in [0.05, 0.1) is 18.1 Å². The first kappa shape index (κ1) is 20.6. The van der Waals surface area contributed by atoms with Crippen molar-refractivity contribution < 1.29 is 14.1 Å². The third-order valence-corrected chi connectivity index (χ3v) is 5.11. The zero-order valence-corrected chi connectivity index (χ0v) is 17.7. The Morgan fingerprint density at radius 2 is 1.94 bits per heavy atom. The van der Waals surface area contributed by atoms with E-state index < -0.39 is 0 Å². The first-order chi connectivity index (χ1) is 15.1. The molecule has 0 saturated carbocycles. The minimum absolute atomic E-state index is 0.0311. The number of carbonyl (C=O) groups is 1. The van der Waals surface area contributed by atoms with Gasteiger partial charge in [-0.1, -0.05) is 17.3 Å². The van der Waals surface area contributed by atoms with Crippen molar-refractivity contribution >= 4 is 16.9 Å². The SMILES string of the molecule is COc1ccc(-c2noc(CCC(=O)NCCCn3c(C)nc4ccccc43)n2)cc1. The summed E-state index contributed by atoms with van der Waals surface area (Å²) < 4.78 is 12.6. The number of fused-ring (bicyclic) bond motifs is 1. The summed E-state index contributed by atoms with van der Waals surface area (Å²) in [4.78, 5) is 21.1. The average molecular weight is 419 g/mol. The zero-order valence-electron chi connectivity index (χ0n) is 17.7. The number of amides is 1. The Morgan fingerprint density at radius 1 is 1.13 bits per heavy atom. The lowest BCUT2D eigenvalue weighted by atomic mass is 10.2. The predicted octanol–water partition coefficient (Wildman–Crippen LogP) is 3.54. The molecule has 0 aliphatic carbocycles. The Hall–Kier alpha value is -3.68. The maximum Gasteiger partial charge on any atom is 0.227 e. The third-order valence-electron chi connectivity index (χ3n) is 5.11. The van der Waals surface area contributed by atoms with Gasteiger partial charge in [-0.2, -0.15) is 4.98 Å². The summed E-state index contributed by atoms with van der Waals surface area (Å²) in [6, 6.07) is 15.5. The van der Waals surface area contributed by atoms with Gasteiger partial charge in [0.25, 0.3) is 0 Å². The number of carbonyl (C=O) groups excluding carboxylic acids is 1. The van der Waals surface area contributed by atoms with E-state index in [2.05, 4.69) is 31.1 Å². The van der Waals surface area contributed by atoms with Gasteiger partial charge in [-0.15, -0.1) is 0 Å². The van der Waals surface area contributed by atoms with Crippen LogP contribution in [0.15, 0.2) is 53.1 Å². The summed E-state index contributed by atoms with van der Waals surface area (Å²) in [6.07, 6.45) is 1.53. The van der Waals surface area contributed by atoms with Gasteiger partial charge in [-0.25, -0.2) is 4.98 Å². The van der Waals surface area contributed by atoms with Crippen LogP contribution < -0.4 is 10.1 Å². The molecule has 0 radical (unpaired) electrons. The molecule has 8 nitrogen and oxygen atoms in total. The minimum Gasteiger partial charge on any atom is -0.497 e. The Labute approximate surface area is 180 Å². The van der Waals surface area contributed by atoms with Crippen LogP contribution in [0.2, 0.25) is 0 Å². The van der Waals surface area contributed by atoms with Crippen LogP contribution in [-0.4, -0.2) is 39.3 Å². The molecular weight excluding hydrogens is 394 g/mol. The molecule has 4 rings (SSSR count). The first-order valence-corrected chi connectivity index (χ1v) is 10.3. The molecule has 0 aliphatic heterocycles. The summed E-state index contributed by atoms with van der Waals surface area (Å²) in [6.45, 7) is 3.41. The zero-order chi connectivity index (χ0) is 21.6. The third kappa shape index (κ3) is 4.91. The Morgan fingerprint density at radius 3 is 2.74 bits per heavy atom. The lowest BCUT2D eigenvalue weighted by molar-refractivity contribution is -0.121. The number of hydrogen-bond acceptors (Lipinski definition) is 6. The number of nitrogens with zero attached hydrogens (tertiary/aromatic N) is 4. The van der Waals surface area contributed by atoms with E-state index in [-0.39, 0.29) is 5.91 Å². The van der Waals surface area contributed by atoms with E-state index in [0.717, 1.165) is 41.1 Å². The van der Waals surface area contributed by atoms with Gasteiger partial charge in [-0.05, 0) is 49.7 Å². The predicted molar refractivity (Wildman–Crippen MR) is 117 cm³/mol. The van der Waals surface area contributed by atoms with Crippen molar-refractivity contribution in [2.24, 2.45) is 0 Å². The molecule has 4 aromatic rings. The Balaban J connectivity index is 1.22. The number of rotatable bonds is 9. The van der Waals surface area contributed by atoms with E-state index in [1.54, 1.807) is 7.11 Å². The van der Waals surface area contributed by atoms with E-state index in [4.69, 9.17) is 9.26 Å². The smallest absolute Gasteiger partial charge is 0.227 e. The summed E-state index contributed by atoms with van der Waals surface area (Å²) in [7, 11) is 1.62. The monoisotopic (exact) mass is 419 g/mol. The number of para-hydroxylation sites is 2. The lowest BCUT2D eigenvalue weighted by Gasteiger charge is -2.08.